The van der Waals surface area contributed by atoms with Gasteiger partial charge in [-0.15, -0.1) is 0 Å². The maximum atomic E-state index is 11.3. The van der Waals surface area contributed by atoms with Crippen molar-refractivity contribution in [2.75, 3.05) is 39.9 Å². The van der Waals surface area contributed by atoms with Crippen LogP contribution in [0.4, 0.5) is 0 Å². The highest BCUT2D eigenvalue weighted by atomic mass is 16.5. The number of aliphatic imine (C=N–C) groups is 1. The van der Waals surface area contributed by atoms with Gasteiger partial charge in [-0.05, 0) is 37.8 Å². The van der Waals surface area contributed by atoms with E-state index in [-0.39, 0.29) is 12.1 Å². The minimum absolute atomic E-state index is 0.0800. The number of esters is 1. The number of hydrogen-bond acceptors (Lipinski definition) is 4. The Bertz CT molecular complexity index is 633. The molecule has 6 heteroatoms. The van der Waals surface area contributed by atoms with Crippen molar-refractivity contribution in [2.45, 2.75) is 52.1 Å². The van der Waals surface area contributed by atoms with Gasteiger partial charge in [0, 0.05) is 26.6 Å². The fraction of sp³-hybridized carbons (Fsp3) is 0.636. The fourth-order valence-electron chi connectivity index (χ4n) is 3.49. The average Bonchev–Trinajstić information content (AvgIpc) is 2.71. The Morgan fingerprint density at radius 3 is 2.82 bits per heavy atom. The number of benzene rings is 1. The largest absolute Gasteiger partial charge is 0.466 e. The zero-order valence-electron chi connectivity index (χ0n) is 17.6. The Hall–Kier alpha value is -2.08. The first kappa shape index (κ1) is 22.2. The third kappa shape index (κ3) is 7.15. The maximum absolute atomic E-state index is 11.3. The van der Waals surface area contributed by atoms with E-state index in [9.17, 15) is 4.79 Å². The number of morpholine rings is 1. The van der Waals surface area contributed by atoms with Gasteiger partial charge >= 0.3 is 5.97 Å². The van der Waals surface area contributed by atoms with E-state index in [4.69, 9.17) is 9.47 Å². The number of nitrogens with zero attached hydrogens (tertiary/aromatic N) is 2. The monoisotopic (exact) mass is 389 g/mol. The van der Waals surface area contributed by atoms with Gasteiger partial charge < -0.3 is 19.7 Å². The van der Waals surface area contributed by atoms with Crippen molar-refractivity contribution in [1.29, 1.82) is 0 Å². The summed E-state index contributed by atoms with van der Waals surface area (Å²) >= 11 is 0. The van der Waals surface area contributed by atoms with Gasteiger partial charge in [0.1, 0.15) is 6.10 Å². The Balaban J connectivity index is 1.70. The summed E-state index contributed by atoms with van der Waals surface area (Å²) in [5, 5.41) is 3.47. The SMILES string of the molecule is CCOC(=O)CCCCCCNC(=NC)N1CCOC(c2ccccc2C)C1. The highest BCUT2D eigenvalue weighted by Gasteiger charge is 2.24. The van der Waals surface area contributed by atoms with Gasteiger partial charge in [-0.2, -0.15) is 0 Å². The highest BCUT2D eigenvalue weighted by Crippen LogP contribution is 2.24. The molecular formula is C22H35N3O3. The Morgan fingerprint density at radius 1 is 1.29 bits per heavy atom. The molecule has 0 amide bonds. The van der Waals surface area contributed by atoms with Crippen LogP contribution in [0.1, 0.15) is 56.3 Å². The molecule has 1 aliphatic heterocycles. The van der Waals surface area contributed by atoms with Crippen LogP contribution in [-0.2, 0) is 14.3 Å². The van der Waals surface area contributed by atoms with Gasteiger partial charge in [-0.25, -0.2) is 0 Å². The quantitative estimate of drug-likeness (QED) is 0.303. The topological polar surface area (TPSA) is 63.2 Å². The molecule has 1 fully saturated rings. The summed E-state index contributed by atoms with van der Waals surface area (Å²) < 4.78 is 11.0. The second-order valence-electron chi connectivity index (χ2n) is 7.11. The molecule has 1 aromatic rings. The summed E-state index contributed by atoms with van der Waals surface area (Å²) in [4.78, 5) is 18.1. The molecule has 1 aliphatic rings. The van der Waals surface area contributed by atoms with Crippen LogP contribution >= 0.6 is 0 Å². The van der Waals surface area contributed by atoms with Crippen molar-refractivity contribution in [1.82, 2.24) is 10.2 Å². The normalized spacial score (nSPS) is 17.5. The summed E-state index contributed by atoms with van der Waals surface area (Å²) in [6.07, 6.45) is 4.71. The van der Waals surface area contributed by atoms with Crippen LogP contribution in [0.25, 0.3) is 0 Å². The third-order valence-electron chi connectivity index (χ3n) is 5.01. The molecule has 156 valence electrons. The van der Waals surface area contributed by atoms with E-state index in [2.05, 4.69) is 46.4 Å². The van der Waals surface area contributed by atoms with Crippen molar-refractivity contribution in [3.05, 3.63) is 35.4 Å². The molecule has 1 saturated heterocycles. The van der Waals surface area contributed by atoms with Crippen molar-refractivity contribution in [3.8, 4) is 0 Å². The van der Waals surface area contributed by atoms with Crippen molar-refractivity contribution in [3.63, 3.8) is 0 Å². The molecule has 0 bridgehead atoms. The second-order valence-corrected chi connectivity index (χ2v) is 7.11. The number of rotatable bonds is 9. The Labute approximate surface area is 169 Å². The lowest BCUT2D eigenvalue weighted by Gasteiger charge is -2.35. The van der Waals surface area contributed by atoms with E-state index in [0.29, 0.717) is 19.6 Å². The van der Waals surface area contributed by atoms with Crippen LogP contribution in [0.5, 0.6) is 0 Å². The number of ether oxygens (including phenoxy) is 2. The number of carbonyl (C=O) groups excluding carboxylic acids is 1. The maximum Gasteiger partial charge on any atom is 0.305 e. The summed E-state index contributed by atoms with van der Waals surface area (Å²) in [6.45, 7) is 7.69. The summed E-state index contributed by atoms with van der Waals surface area (Å²) in [5.41, 5.74) is 2.52. The predicted molar refractivity (Wildman–Crippen MR) is 113 cm³/mol. The average molecular weight is 390 g/mol. The van der Waals surface area contributed by atoms with Crippen molar-refractivity contribution in [2.24, 2.45) is 4.99 Å². The van der Waals surface area contributed by atoms with Crippen LogP contribution in [-0.4, -0.2) is 56.7 Å². The number of guanidine groups is 1. The molecule has 1 aromatic carbocycles. The standard InChI is InChI=1S/C22H35N3O3/c1-4-27-21(26)13-7-5-6-10-14-24-22(23-3)25-15-16-28-20(17-25)19-12-9-8-11-18(19)2/h8-9,11-12,20H,4-7,10,13-17H2,1-3H3,(H,23,24). The molecule has 6 nitrogen and oxygen atoms in total. The smallest absolute Gasteiger partial charge is 0.305 e. The summed E-state index contributed by atoms with van der Waals surface area (Å²) in [5.74, 6) is 0.852. The number of unbranched alkanes of at least 4 members (excludes halogenated alkanes) is 3. The Kier molecular flexibility index (Phi) is 9.83. The van der Waals surface area contributed by atoms with Crippen LogP contribution in [0.15, 0.2) is 29.3 Å². The third-order valence-corrected chi connectivity index (χ3v) is 5.01. The lowest BCUT2D eigenvalue weighted by atomic mass is 10.0. The molecule has 1 unspecified atom stereocenters. The molecule has 0 saturated carbocycles. The molecule has 0 spiro atoms. The van der Waals surface area contributed by atoms with Gasteiger partial charge in [0.05, 0.1) is 19.8 Å². The molecule has 0 aliphatic carbocycles. The van der Waals surface area contributed by atoms with E-state index in [1.165, 1.54) is 11.1 Å². The fourth-order valence-corrected chi connectivity index (χ4v) is 3.49. The van der Waals surface area contributed by atoms with E-state index >= 15 is 0 Å². The molecule has 28 heavy (non-hydrogen) atoms. The first-order chi connectivity index (χ1) is 13.7. The number of carbonyl (C=O) groups is 1. The molecule has 1 atom stereocenters. The Morgan fingerprint density at radius 2 is 2.07 bits per heavy atom. The highest BCUT2D eigenvalue weighted by molar-refractivity contribution is 5.80. The summed E-state index contributed by atoms with van der Waals surface area (Å²) in [7, 11) is 1.83. The molecule has 2 rings (SSSR count). The minimum atomic E-state index is -0.0865. The van der Waals surface area contributed by atoms with Gasteiger partial charge in [0.25, 0.3) is 0 Å². The van der Waals surface area contributed by atoms with Gasteiger partial charge in [0.15, 0.2) is 5.96 Å². The minimum Gasteiger partial charge on any atom is -0.466 e. The first-order valence-corrected chi connectivity index (χ1v) is 10.4. The van der Waals surface area contributed by atoms with E-state index in [0.717, 1.165) is 51.3 Å². The number of aryl methyl sites for hydroxylation is 1. The molecule has 1 heterocycles. The predicted octanol–water partition coefficient (Wildman–Crippen LogP) is 3.46. The second kappa shape index (κ2) is 12.4. The molecule has 0 radical (unpaired) electrons. The van der Waals surface area contributed by atoms with Crippen LogP contribution in [0.3, 0.4) is 0 Å². The van der Waals surface area contributed by atoms with Crippen LogP contribution in [0, 0.1) is 6.92 Å². The lowest BCUT2D eigenvalue weighted by Crippen LogP contribution is -2.48. The van der Waals surface area contributed by atoms with E-state index in [1.807, 2.05) is 14.0 Å². The number of hydrogen-bond donors (Lipinski definition) is 1. The van der Waals surface area contributed by atoms with Gasteiger partial charge in [-0.1, -0.05) is 37.1 Å². The zero-order chi connectivity index (χ0) is 20.2. The number of nitrogens with one attached hydrogen (secondary N) is 1. The van der Waals surface area contributed by atoms with Gasteiger partial charge in [0.2, 0.25) is 0 Å². The molecule has 1 N–H and O–H groups in total. The van der Waals surface area contributed by atoms with Crippen molar-refractivity contribution < 1.29 is 14.3 Å². The molecular weight excluding hydrogens is 354 g/mol. The van der Waals surface area contributed by atoms with Gasteiger partial charge in [-0.3, -0.25) is 9.79 Å². The summed E-state index contributed by atoms with van der Waals surface area (Å²) in [6, 6.07) is 8.41. The van der Waals surface area contributed by atoms with E-state index in [1.54, 1.807) is 0 Å². The molecule has 0 aromatic heterocycles. The van der Waals surface area contributed by atoms with Crippen molar-refractivity contribution >= 4 is 11.9 Å². The lowest BCUT2D eigenvalue weighted by molar-refractivity contribution is -0.143. The van der Waals surface area contributed by atoms with Crippen LogP contribution in [0.2, 0.25) is 0 Å². The zero-order valence-corrected chi connectivity index (χ0v) is 17.6. The first-order valence-electron chi connectivity index (χ1n) is 10.4. The van der Waals surface area contributed by atoms with E-state index < -0.39 is 0 Å². The van der Waals surface area contributed by atoms with Crippen LogP contribution < -0.4 is 5.32 Å².